The van der Waals surface area contributed by atoms with Crippen molar-refractivity contribution in [3.8, 4) is 0 Å². The topological polar surface area (TPSA) is 54.0 Å². The fraction of sp³-hybridized carbons (Fsp3) is 0.364. The minimum Gasteiger partial charge on any atom is -0.336 e. The second-order valence-electron chi connectivity index (χ2n) is 7.93. The number of nitrogens with zero attached hydrogens (tertiary/aromatic N) is 1. The lowest BCUT2D eigenvalue weighted by atomic mass is 9.84. The van der Waals surface area contributed by atoms with E-state index in [4.69, 9.17) is 11.6 Å². The number of hydrogen-bond acceptors (Lipinski definition) is 2. The van der Waals surface area contributed by atoms with Gasteiger partial charge in [0, 0.05) is 17.0 Å². The number of hydrogen-bond donors (Lipinski definition) is 1. The van der Waals surface area contributed by atoms with Crippen molar-refractivity contribution in [2.24, 2.45) is 17.8 Å². The molecule has 0 unspecified atom stereocenters. The molecule has 2 aliphatic rings. The Labute approximate surface area is 164 Å². The molecule has 4 rings (SSSR count). The van der Waals surface area contributed by atoms with Gasteiger partial charge in [0.15, 0.2) is 0 Å². The highest BCUT2D eigenvalue weighted by atomic mass is 35.5. The maximum absolute atomic E-state index is 13.4. The molecule has 0 spiro atoms. The number of benzene rings is 2. The van der Waals surface area contributed by atoms with Crippen LogP contribution in [0.4, 0.5) is 5.69 Å². The predicted octanol–water partition coefficient (Wildman–Crippen LogP) is 3.18. The molecule has 0 aliphatic carbocycles. The zero-order chi connectivity index (χ0) is 19.1. The van der Waals surface area contributed by atoms with Crippen LogP contribution in [0.15, 0.2) is 54.6 Å². The summed E-state index contributed by atoms with van der Waals surface area (Å²) in [6, 6.07) is 16.9. The first-order valence-corrected chi connectivity index (χ1v) is 9.89. The lowest BCUT2D eigenvalue weighted by Crippen LogP contribution is -2.89. The summed E-state index contributed by atoms with van der Waals surface area (Å²) >= 11 is 6.46. The van der Waals surface area contributed by atoms with E-state index in [1.807, 2.05) is 54.6 Å². The number of carbonyl (C=O) groups is 2. The summed E-state index contributed by atoms with van der Waals surface area (Å²) in [6.07, 6.45) is 0.893. The molecule has 4 atom stereocenters. The van der Waals surface area contributed by atoms with Crippen LogP contribution >= 0.6 is 11.6 Å². The lowest BCUT2D eigenvalue weighted by molar-refractivity contribution is -0.712. The number of carbonyl (C=O) groups excluding carboxylic acids is 2. The number of nitrogens with two attached hydrogens (primary N) is 1. The summed E-state index contributed by atoms with van der Waals surface area (Å²) in [7, 11) is 0. The summed E-state index contributed by atoms with van der Waals surface area (Å²) in [5.74, 6) is -0.412. The number of fused-ring (bicyclic) bond motifs is 1. The van der Waals surface area contributed by atoms with Crippen LogP contribution in [0.2, 0.25) is 5.02 Å². The molecule has 5 heteroatoms. The molecule has 0 saturated carbocycles. The molecule has 2 aromatic rings. The quantitative estimate of drug-likeness (QED) is 0.824. The molecule has 2 aromatic carbocycles. The Kier molecular flexibility index (Phi) is 4.79. The summed E-state index contributed by atoms with van der Waals surface area (Å²) in [4.78, 5) is 28.1. The Morgan fingerprint density at radius 1 is 0.963 bits per heavy atom. The van der Waals surface area contributed by atoms with E-state index < -0.39 is 0 Å². The van der Waals surface area contributed by atoms with Crippen LogP contribution in [0.25, 0.3) is 0 Å². The summed E-state index contributed by atoms with van der Waals surface area (Å²) < 4.78 is 0. The fourth-order valence-electron chi connectivity index (χ4n) is 4.69. The van der Waals surface area contributed by atoms with Gasteiger partial charge in [-0.1, -0.05) is 61.8 Å². The third-order valence-electron chi connectivity index (χ3n) is 5.72. The van der Waals surface area contributed by atoms with Crippen LogP contribution < -0.4 is 10.2 Å². The van der Waals surface area contributed by atoms with Crippen LogP contribution in [-0.4, -0.2) is 17.9 Å². The Morgan fingerprint density at radius 3 is 2.26 bits per heavy atom. The summed E-state index contributed by atoms with van der Waals surface area (Å²) in [6.45, 7) is 4.31. The first-order valence-electron chi connectivity index (χ1n) is 9.51. The molecule has 4 nitrogen and oxygen atoms in total. The average molecular weight is 384 g/mol. The second-order valence-corrected chi connectivity index (χ2v) is 8.34. The molecule has 0 radical (unpaired) electrons. The lowest BCUT2D eigenvalue weighted by Gasteiger charge is -2.21. The largest absolute Gasteiger partial charge is 0.336 e. The minimum absolute atomic E-state index is 0.0762. The first-order chi connectivity index (χ1) is 13.0. The number of para-hydroxylation sites is 1. The van der Waals surface area contributed by atoms with Crippen molar-refractivity contribution in [1.82, 2.24) is 0 Å². The smallest absolute Gasteiger partial charge is 0.244 e. The van der Waals surface area contributed by atoms with Gasteiger partial charge in [0.2, 0.25) is 11.8 Å². The van der Waals surface area contributed by atoms with E-state index >= 15 is 0 Å². The number of halogens is 1. The molecular formula is C22H24ClN2O2+. The van der Waals surface area contributed by atoms with Crippen molar-refractivity contribution in [2.45, 2.75) is 32.4 Å². The van der Waals surface area contributed by atoms with Crippen molar-refractivity contribution in [3.63, 3.8) is 0 Å². The van der Waals surface area contributed by atoms with Gasteiger partial charge in [-0.3, -0.25) is 9.59 Å². The number of amides is 2. The Hall–Kier alpha value is -2.17. The van der Waals surface area contributed by atoms with Gasteiger partial charge >= 0.3 is 0 Å². The number of quaternary nitrogens is 1. The van der Waals surface area contributed by atoms with Crippen molar-refractivity contribution in [3.05, 3.63) is 65.2 Å². The Bertz CT molecular complexity index is 868. The summed E-state index contributed by atoms with van der Waals surface area (Å²) in [5.41, 5.74) is 1.60. The molecule has 27 heavy (non-hydrogen) atoms. The highest BCUT2D eigenvalue weighted by Gasteiger charge is 2.62. The molecule has 0 bridgehead atoms. The molecule has 0 aromatic heterocycles. The second kappa shape index (κ2) is 7.10. The molecule has 2 N–H and O–H groups in total. The van der Waals surface area contributed by atoms with E-state index in [0.29, 0.717) is 16.6 Å². The van der Waals surface area contributed by atoms with Gasteiger partial charge in [0.25, 0.3) is 0 Å². The van der Waals surface area contributed by atoms with Crippen LogP contribution in [0.5, 0.6) is 0 Å². The van der Waals surface area contributed by atoms with Crippen LogP contribution in [0.1, 0.15) is 31.9 Å². The van der Waals surface area contributed by atoms with E-state index in [2.05, 4.69) is 19.2 Å². The minimum atomic E-state index is -0.374. The van der Waals surface area contributed by atoms with Crippen LogP contribution in [-0.2, 0) is 9.59 Å². The first kappa shape index (κ1) is 18.2. The van der Waals surface area contributed by atoms with E-state index in [1.54, 1.807) is 0 Å². The molecule has 2 saturated heterocycles. The van der Waals surface area contributed by atoms with E-state index in [-0.39, 0.29) is 35.7 Å². The molecule has 2 amide bonds. The molecule has 140 valence electrons. The molecule has 2 heterocycles. The zero-order valence-electron chi connectivity index (χ0n) is 15.5. The van der Waals surface area contributed by atoms with Crippen molar-refractivity contribution < 1.29 is 14.9 Å². The van der Waals surface area contributed by atoms with Crippen molar-refractivity contribution in [1.29, 1.82) is 0 Å². The zero-order valence-corrected chi connectivity index (χ0v) is 16.3. The number of imide groups is 1. The fourth-order valence-corrected chi connectivity index (χ4v) is 4.95. The van der Waals surface area contributed by atoms with Gasteiger partial charge < -0.3 is 5.32 Å². The van der Waals surface area contributed by atoms with Gasteiger partial charge in [-0.25, -0.2) is 4.90 Å². The predicted molar refractivity (Wildman–Crippen MR) is 105 cm³/mol. The maximum atomic E-state index is 13.4. The maximum Gasteiger partial charge on any atom is 0.244 e. The monoisotopic (exact) mass is 383 g/mol. The molecule has 2 aliphatic heterocycles. The highest BCUT2D eigenvalue weighted by molar-refractivity contribution is 6.31. The van der Waals surface area contributed by atoms with Gasteiger partial charge in [-0.15, -0.1) is 0 Å². The van der Waals surface area contributed by atoms with E-state index in [9.17, 15) is 9.59 Å². The van der Waals surface area contributed by atoms with E-state index in [0.717, 1.165) is 12.0 Å². The Balaban J connectivity index is 1.76. The van der Waals surface area contributed by atoms with Crippen LogP contribution in [0.3, 0.4) is 0 Å². The van der Waals surface area contributed by atoms with Crippen molar-refractivity contribution >= 4 is 29.1 Å². The van der Waals surface area contributed by atoms with E-state index in [1.165, 1.54) is 4.90 Å². The normalized spacial score (nSPS) is 27.5. The average Bonchev–Trinajstić information content (AvgIpc) is 3.13. The van der Waals surface area contributed by atoms with Gasteiger partial charge in [-0.2, -0.15) is 0 Å². The highest BCUT2D eigenvalue weighted by Crippen LogP contribution is 2.43. The van der Waals surface area contributed by atoms with Gasteiger partial charge in [-0.05, 0) is 24.1 Å². The summed E-state index contributed by atoms with van der Waals surface area (Å²) in [5, 5.41) is 2.86. The molecular weight excluding hydrogens is 360 g/mol. The number of anilines is 1. The number of rotatable bonds is 4. The third-order valence-corrected chi connectivity index (χ3v) is 6.07. The SMILES string of the molecule is CC(C)C[C@@H]1[NH2+][C@@H](c2ccccc2Cl)[C@H]2C(=O)N(c3ccccc3)C(=O)[C@H]21. The van der Waals surface area contributed by atoms with Gasteiger partial charge in [0.05, 0.1) is 11.7 Å². The standard InChI is InChI=1S/C22H23ClN2O2/c1-13(2)12-17-18-19(20(24-17)15-10-6-7-11-16(15)23)22(27)25(21(18)26)14-8-4-3-5-9-14/h3-11,13,17-20,24H,12H2,1-2H3/p+1/t17-,18-,19-,20-/m0/s1. The third kappa shape index (κ3) is 3.07. The van der Waals surface area contributed by atoms with Crippen LogP contribution in [0, 0.1) is 17.8 Å². The van der Waals surface area contributed by atoms with Crippen molar-refractivity contribution in [2.75, 3.05) is 4.90 Å². The molecule has 2 fully saturated rings. The van der Waals surface area contributed by atoms with Gasteiger partial charge in [0.1, 0.15) is 17.9 Å². The Morgan fingerprint density at radius 2 is 1.59 bits per heavy atom.